The van der Waals surface area contributed by atoms with Crippen LogP contribution in [0.1, 0.15) is 50.2 Å². The number of rotatable bonds is 2. The summed E-state index contributed by atoms with van der Waals surface area (Å²) in [6, 6.07) is 0.00319. The van der Waals surface area contributed by atoms with E-state index in [1.54, 1.807) is 18.1 Å². The predicted molar refractivity (Wildman–Crippen MR) is 123 cm³/mol. The Bertz CT molecular complexity index is 1400. The van der Waals surface area contributed by atoms with Crippen LogP contribution in [-0.2, 0) is 25.7 Å². The van der Waals surface area contributed by atoms with Gasteiger partial charge in [-0.05, 0) is 42.5 Å². The molecule has 0 spiro atoms. The maximum atomic E-state index is 15.9. The number of H-pyrrole nitrogens is 1. The third-order valence-corrected chi connectivity index (χ3v) is 6.90. The molecule has 3 aromatic heterocycles. The van der Waals surface area contributed by atoms with Crippen molar-refractivity contribution in [2.24, 2.45) is 0 Å². The molecule has 11 heteroatoms. The second-order valence-electron chi connectivity index (χ2n) is 9.00. The highest BCUT2D eigenvalue weighted by molar-refractivity contribution is 6.28. The highest BCUT2D eigenvalue weighted by Crippen LogP contribution is 2.41. The number of nitrogens with zero attached hydrogens (tertiary/aromatic N) is 4. The van der Waals surface area contributed by atoms with Crippen LogP contribution in [0.15, 0.2) is 6.20 Å². The summed E-state index contributed by atoms with van der Waals surface area (Å²) < 4.78 is 15.9. The summed E-state index contributed by atoms with van der Waals surface area (Å²) in [5.41, 5.74) is 4.79. The van der Waals surface area contributed by atoms with Gasteiger partial charge in [-0.2, -0.15) is 4.98 Å². The van der Waals surface area contributed by atoms with Gasteiger partial charge in [0.15, 0.2) is 11.6 Å². The van der Waals surface area contributed by atoms with E-state index in [1.165, 1.54) is 0 Å². The van der Waals surface area contributed by atoms with Crippen LogP contribution < -0.4 is 10.6 Å². The topological polar surface area (TPSA) is 116 Å². The number of carbonyl (C=O) groups excluding carboxylic acids is 2. The molecule has 9 nitrogen and oxygen atoms in total. The molecule has 3 N–H and O–H groups in total. The van der Waals surface area contributed by atoms with Crippen molar-refractivity contribution in [2.45, 2.75) is 38.6 Å². The molecule has 2 aliphatic heterocycles. The molecular formula is C23H21ClFN7O2. The molecular weight excluding hydrogens is 461 g/mol. The third kappa shape index (κ3) is 3.08. The zero-order valence-corrected chi connectivity index (χ0v) is 19.3. The second-order valence-corrected chi connectivity index (χ2v) is 9.33. The van der Waals surface area contributed by atoms with Crippen LogP contribution in [0.25, 0.3) is 11.3 Å². The maximum absolute atomic E-state index is 15.9. The Labute approximate surface area is 199 Å². The largest absolute Gasteiger partial charge is 0.357 e. The molecule has 1 atom stereocenters. The number of aromatic amines is 1. The first-order chi connectivity index (χ1) is 16.3. The van der Waals surface area contributed by atoms with Crippen molar-refractivity contribution in [1.82, 2.24) is 30.2 Å². The standard InChI is InChI=1S/C23H21ClFN7O2/c1-9-7-13-15(21(33)27-9)11-4-3-10-8-26-20(17(25)14(10)18(11)28-13)30-19-16-12(29-23(24)31-19)5-6-32(2)22(16)34/h8-9,28H,3-7H2,1-2H3,(H,27,33)(H,26,29,30,31). The van der Waals surface area contributed by atoms with Crippen molar-refractivity contribution in [1.29, 1.82) is 0 Å². The van der Waals surface area contributed by atoms with E-state index >= 15 is 4.39 Å². The van der Waals surface area contributed by atoms with Gasteiger partial charge in [0.25, 0.3) is 11.8 Å². The summed E-state index contributed by atoms with van der Waals surface area (Å²) in [7, 11) is 1.69. The number of aryl methyl sites for hydroxylation is 1. The van der Waals surface area contributed by atoms with Crippen molar-refractivity contribution in [2.75, 3.05) is 18.9 Å². The number of amides is 2. The molecule has 174 valence electrons. The van der Waals surface area contributed by atoms with E-state index in [2.05, 4.69) is 30.6 Å². The minimum Gasteiger partial charge on any atom is -0.357 e. The van der Waals surface area contributed by atoms with Crippen LogP contribution >= 0.6 is 11.6 Å². The predicted octanol–water partition coefficient (Wildman–Crippen LogP) is 2.80. The number of nitrogens with one attached hydrogen (secondary N) is 3. The summed E-state index contributed by atoms with van der Waals surface area (Å²) >= 11 is 6.09. The molecule has 34 heavy (non-hydrogen) atoms. The Morgan fingerprint density at radius 1 is 1.15 bits per heavy atom. The number of anilines is 2. The quantitative estimate of drug-likeness (QED) is 0.485. The molecule has 3 aromatic rings. The monoisotopic (exact) mass is 481 g/mol. The van der Waals surface area contributed by atoms with Crippen LogP contribution in [-0.4, -0.2) is 56.3 Å². The van der Waals surface area contributed by atoms with Crippen LogP contribution in [0.4, 0.5) is 16.0 Å². The van der Waals surface area contributed by atoms with Gasteiger partial charge >= 0.3 is 0 Å². The molecule has 3 aliphatic rings. The number of fused-ring (bicyclic) bond motifs is 6. The van der Waals surface area contributed by atoms with Gasteiger partial charge in [-0.3, -0.25) is 9.59 Å². The highest BCUT2D eigenvalue weighted by atomic mass is 35.5. The van der Waals surface area contributed by atoms with Gasteiger partial charge in [0.1, 0.15) is 11.4 Å². The first kappa shape index (κ1) is 21.0. The summed E-state index contributed by atoms with van der Waals surface area (Å²) in [5, 5.41) is 5.81. The molecule has 6 rings (SSSR count). The van der Waals surface area contributed by atoms with Gasteiger partial charge in [-0.15, -0.1) is 0 Å². The average molecular weight is 482 g/mol. The molecule has 5 heterocycles. The lowest BCUT2D eigenvalue weighted by molar-refractivity contribution is 0.0779. The van der Waals surface area contributed by atoms with Gasteiger partial charge in [0.2, 0.25) is 5.28 Å². The van der Waals surface area contributed by atoms with Crippen LogP contribution in [0.5, 0.6) is 0 Å². The molecule has 0 fully saturated rings. The Morgan fingerprint density at radius 2 is 1.97 bits per heavy atom. The van der Waals surface area contributed by atoms with Gasteiger partial charge < -0.3 is 20.5 Å². The molecule has 1 unspecified atom stereocenters. The SMILES string of the molecule is CC1Cc2[nH]c3c(c2C(=O)N1)CCc1cnc(Nc2nc(Cl)nc4c2C(=O)N(C)CC4)c(F)c1-3. The van der Waals surface area contributed by atoms with Gasteiger partial charge in [-0.25, -0.2) is 14.4 Å². The van der Waals surface area contributed by atoms with Crippen LogP contribution in [0.2, 0.25) is 5.28 Å². The van der Waals surface area contributed by atoms with Gasteiger partial charge in [-0.1, -0.05) is 0 Å². The average Bonchev–Trinajstić information content (AvgIpc) is 3.16. The lowest BCUT2D eigenvalue weighted by Gasteiger charge is -2.26. The minimum atomic E-state index is -0.578. The van der Waals surface area contributed by atoms with Crippen LogP contribution in [0, 0.1) is 5.82 Å². The summed E-state index contributed by atoms with van der Waals surface area (Å²) in [5.74, 6) is -0.931. The minimum absolute atomic E-state index is 0.00319. The first-order valence-corrected chi connectivity index (χ1v) is 11.5. The smallest absolute Gasteiger partial charge is 0.259 e. The molecule has 0 bridgehead atoms. The zero-order chi connectivity index (χ0) is 23.7. The van der Waals surface area contributed by atoms with Crippen molar-refractivity contribution in [3.05, 3.63) is 50.9 Å². The second kappa shape index (κ2) is 7.49. The van der Waals surface area contributed by atoms with E-state index in [4.69, 9.17) is 11.6 Å². The van der Waals surface area contributed by atoms with Gasteiger partial charge in [0.05, 0.1) is 17.0 Å². The fourth-order valence-electron chi connectivity index (χ4n) is 5.12. The molecule has 1 aliphatic carbocycles. The van der Waals surface area contributed by atoms with Crippen molar-refractivity contribution >= 4 is 35.1 Å². The fourth-order valence-corrected chi connectivity index (χ4v) is 5.31. The molecule has 2 amide bonds. The summed E-state index contributed by atoms with van der Waals surface area (Å²) in [4.78, 5) is 42.9. The lowest BCUT2D eigenvalue weighted by Crippen LogP contribution is -2.39. The Balaban J connectivity index is 1.46. The van der Waals surface area contributed by atoms with Crippen molar-refractivity contribution < 1.29 is 14.0 Å². The van der Waals surface area contributed by atoms with E-state index < -0.39 is 5.82 Å². The van der Waals surface area contributed by atoms with E-state index in [9.17, 15) is 9.59 Å². The number of hydrogen-bond acceptors (Lipinski definition) is 6. The molecule has 0 saturated carbocycles. The normalized spacial score (nSPS) is 18.6. The zero-order valence-electron chi connectivity index (χ0n) is 18.6. The van der Waals surface area contributed by atoms with E-state index in [-0.39, 0.29) is 40.3 Å². The Kier molecular flexibility index (Phi) is 4.63. The number of halogens is 2. The Hall–Kier alpha value is -3.53. The maximum Gasteiger partial charge on any atom is 0.259 e. The van der Waals surface area contributed by atoms with E-state index in [0.717, 1.165) is 16.8 Å². The fraction of sp³-hybridized carbons (Fsp3) is 0.348. The van der Waals surface area contributed by atoms with Crippen molar-refractivity contribution in [3.63, 3.8) is 0 Å². The number of aromatic nitrogens is 4. The number of hydrogen-bond donors (Lipinski definition) is 3. The van der Waals surface area contributed by atoms with Crippen molar-refractivity contribution in [3.8, 4) is 11.3 Å². The molecule has 0 radical (unpaired) electrons. The van der Waals surface area contributed by atoms with E-state index in [0.29, 0.717) is 54.7 Å². The number of likely N-dealkylation sites (N-methyl/N-ethyl adjacent to an activating group) is 1. The lowest BCUT2D eigenvalue weighted by atomic mass is 9.88. The first-order valence-electron chi connectivity index (χ1n) is 11.1. The molecule has 0 aromatic carbocycles. The van der Waals surface area contributed by atoms with Gasteiger partial charge in [0, 0.05) is 49.9 Å². The number of pyridine rings is 1. The van der Waals surface area contributed by atoms with E-state index in [1.807, 2.05) is 6.92 Å². The van der Waals surface area contributed by atoms with Crippen LogP contribution in [0.3, 0.4) is 0 Å². The Morgan fingerprint density at radius 3 is 2.79 bits per heavy atom. The third-order valence-electron chi connectivity index (χ3n) is 6.73. The summed E-state index contributed by atoms with van der Waals surface area (Å²) in [6.07, 6.45) is 3.99. The summed E-state index contributed by atoms with van der Waals surface area (Å²) in [6.45, 7) is 2.45. The number of carbonyl (C=O) groups is 2. The molecule has 0 saturated heterocycles. The highest BCUT2D eigenvalue weighted by Gasteiger charge is 2.34.